The molecule has 0 saturated heterocycles. The van der Waals surface area contributed by atoms with Crippen molar-refractivity contribution in [3.8, 4) is 0 Å². The van der Waals surface area contributed by atoms with Gasteiger partial charge in [0.05, 0.1) is 5.56 Å². The first kappa shape index (κ1) is 13.4. The Morgan fingerprint density at radius 1 is 1.37 bits per heavy atom. The normalized spacial score (nSPS) is 12.1. The van der Waals surface area contributed by atoms with Crippen molar-refractivity contribution >= 4 is 5.91 Å². The third kappa shape index (κ3) is 3.69. The first-order valence-corrected chi connectivity index (χ1v) is 6.30. The van der Waals surface area contributed by atoms with Gasteiger partial charge in [0.2, 0.25) is 0 Å². The molecular weight excluding hydrogens is 240 g/mol. The number of nitrogens with one attached hydrogen (secondary N) is 1. The molecule has 0 bridgehead atoms. The number of hydrogen-bond acceptors (Lipinski definition) is 3. The maximum atomic E-state index is 11.8. The average Bonchev–Trinajstić information content (AvgIpc) is 2.86. The van der Waals surface area contributed by atoms with Gasteiger partial charge in [-0.05, 0) is 25.0 Å². The summed E-state index contributed by atoms with van der Waals surface area (Å²) < 4.78 is 5.10. The van der Waals surface area contributed by atoms with E-state index in [1.165, 1.54) is 6.26 Å². The van der Waals surface area contributed by atoms with Gasteiger partial charge in [0.1, 0.15) is 12.0 Å². The largest absolute Gasteiger partial charge is 0.469 e. The number of benzene rings is 1. The van der Waals surface area contributed by atoms with Gasteiger partial charge in [0.15, 0.2) is 0 Å². The smallest absolute Gasteiger partial charge is 0.254 e. The number of carbonyl (C=O) groups excluding carboxylic acids is 1. The molecule has 1 atom stereocenters. The van der Waals surface area contributed by atoms with Gasteiger partial charge in [0, 0.05) is 12.6 Å². The fraction of sp³-hybridized carbons (Fsp3) is 0.267. The van der Waals surface area contributed by atoms with Gasteiger partial charge in [-0.1, -0.05) is 30.3 Å². The van der Waals surface area contributed by atoms with E-state index in [9.17, 15) is 4.79 Å². The zero-order valence-corrected chi connectivity index (χ0v) is 10.9. The molecule has 3 N–H and O–H groups in total. The molecule has 0 radical (unpaired) electrons. The second kappa shape index (κ2) is 6.20. The monoisotopic (exact) mass is 258 g/mol. The Hall–Kier alpha value is -2.07. The van der Waals surface area contributed by atoms with Gasteiger partial charge in [-0.15, -0.1) is 0 Å². The molecule has 1 aromatic carbocycles. The molecule has 0 fully saturated rings. The quantitative estimate of drug-likeness (QED) is 0.865. The summed E-state index contributed by atoms with van der Waals surface area (Å²) >= 11 is 0. The number of amides is 1. The van der Waals surface area contributed by atoms with Crippen LogP contribution in [0.4, 0.5) is 0 Å². The fourth-order valence-corrected chi connectivity index (χ4v) is 1.87. The number of aryl methyl sites for hydroxylation is 1. The molecule has 0 spiro atoms. The Balaban J connectivity index is 1.79. The lowest BCUT2D eigenvalue weighted by Crippen LogP contribution is -2.26. The molecule has 1 aromatic heterocycles. The minimum Gasteiger partial charge on any atom is -0.469 e. The van der Waals surface area contributed by atoms with E-state index < -0.39 is 0 Å². The molecule has 2 aromatic rings. The van der Waals surface area contributed by atoms with Crippen molar-refractivity contribution in [3.05, 3.63) is 59.5 Å². The van der Waals surface area contributed by atoms with Crippen molar-refractivity contribution in [1.82, 2.24) is 5.32 Å². The van der Waals surface area contributed by atoms with E-state index in [1.54, 1.807) is 6.07 Å². The summed E-state index contributed by atoms with van der Waals surface area (Å²) in [7, 11) is 0. The third-order valence-corrected chi connectivity index (χ3v) is 2.96. The van der Waals surface area contributed by atoms with Crippen LogP contribution < -0.4 is 11.1 Å². The highest BCUT2D eigenvalue weighted by Crippen LogP contribution is 2.12. The van der Waals surface area contributed by atoms with Crippen LogP contribution in [0.3, 0.4) is 0 Å². The SMILES string of the molecule is Cc1cc(C(=O)NCCC(N)c2ccccc2)co1. The predicted octanol–water partition coefficient (Wildman–Crippen LogP) is 2.41. The molecule has 1 unspecified atom stereocenters. The van der Waals surface area contributed by atoms with E-state index in [0.717, 1.165) is 11.3 Å². The molecule has 19 heavy (non-hydrogen) atoms. The summed E-state index contributed by atoms with van der Waals surface area (Å²) in [4.78, 5) is 11.8. The number of furan rings is 1. The lowest BCUT2D eigenvalue weighted by molar-refractivity contribution is 0.0952. The predicted molar refractivity (Wildman–Crippen MR) is 73.8 cm³/mol. The topological polar surface area (TPSA) is 68.3 Å². The lowest BCUT2D eigenvalue weighted by Gasteiger charge is -2.12. The van der Waals surface area contributed by atoms with Crippen LogP contribution in [0.5, 0.6) is 0 Å². The van der Waals surface area contributed by atoms with Gasteiger partial charge in [-0.3, -0.25) is 4.79 Å². The molecule has 4 nitrogen and oxygen atoms in total. The molecule has 100 valence electrons. The Morgan fingerprint density at radius 3 is 2.74 bits per heavy atom. The van der Waals surface area contributed by atoms with Gasteiger partial charge < -0.3 is 15.5 Å². The molecule has 0 saturated carbocycles. The van der Waals surface area contributed by atoms with Gasteiger partial charge in [0.25, 0.3) is 5.91 Å². The number of rotatable bonds is 5. The van der Waals surface area contributed by atoms with E-state index in [1.807, 2.05) is 37.3 Å². The summed E-state index contributed by atoms with van der Waals surface area (Å²) in [5, 5.41) is 2.83. The van der Waals surface area contributed by atoms with Crippen LogP contribution >= 0.6 is 0 Å². The van der Waals surface area contributed by atoms with E-state index in [2.05, 4.69) is 5.32 Å². The molecule has 1 heterocycles. The average molecular weight is 258 g/mol. The van der Waals surface area contributed by atoms with Crippen molar-refractivity contribution in [2.75, 3.05) is 6.54 Å². The van der Waals surface area contributed by atoms with Crippen molar-refractivity contribution in [1.29, 1.82) is 0 Å². The van der Waals surface area contributed by atoms with E-state index in [0.29, 0.717) is 18.5 Å². The highest BCUT2D eigenvalue weighted by Gasteiger charge is 2.09. The summed E-state index contributed by atoms with van der Waals surface area (Å²) in [6.07, 6.45) is 2.16. The standard InChI is InChI=1S/C15H18N2O2/c1-11-9-13(10-19-11)15(18)17-8-7-14(16)12-5-3-2-4-6-12/h2-6,9-10,14H,7-8,16H2,1H3,(H,17,18). The van der Waals surface area contributed by atoms with Crippen LogP contribution in [0.25, 0.3) is 0 Å². The second-order valence-electron chi connectivity index (χ2n) is 4.51. The molecule has 1 amide bonds. The Bertz CT molecular complexity index is 534. The highest BCUT2D eigenvalue weighted by atomic mass is 16.3. The van der Waals surface area contributed by atoms with Crippen molar-refractivity contribution < 1.29 is 9.21 Å². The molecule has 0 aliphatic heterocycles. The van der Waals surface area contributed by atoms with E-state index >= 15 is 0 Å². The van der Waals surface area contributed by atoms with E-state index in [4.69, 9.17) is 10.2 Å². The summed E-state index contributed by atoms with van der Waals surface area (Å²) in [6, 6.07) is 11.5. The van der Waals surface area contributed by atoms with Crippen LogP contribution in [0, 0.1) is 6.92 Å². The minimum atomic E-state index is -0.128. The number of nitrogens with two attached hydrogens (primary N) is 1. The molecule has 0 aliphatic carbocycles. The zero-order chi connectivity index (χ0) is 13.7. The Morgan fingerprint density at radius 2 is 2.11 bits per heavy atom. The second-order valence-corrected chi connectivity index (χ2v) is 4.51. The molecule has 4 heteroatoms. The van der Waals surface area contributed by atoms with Crippen molar-refractivity contribution in [3.63, 3.8) is 0 Å². The van der Waals surface area contributed by atoms with Crippen LogP contribution in [0.1, 0.15) is 34.1 Å². The maximum absolute atomic E-state index is 11.8. The van der Waals surface area contributed by atoms with Crippen LogP contribution in [0.2, 0.25) is 0 Å². The third-order valence-electron chi connectivity index (χ3n) is 2.96. The van der Waals surface area contributed by atoms with Gasteiger partial charge in [-0.25, -0.2) is 0 Å². The van der Waals surface area contributed by atoms with Crippen molar-refractivity contribution in [2.24, 2.45) is 5.73 Å². The van der Waals surface area contributed by atoms with Crippen molar-refractivity contribution in [2.45, 2.75) is 19.4 Å². The first-order valence-electron chi connectivity index (χ1n) is 6.30. The van der Waals surface area contributed by atoms with E-state index in [-0.39, 0.29) is 11.9 Å². The summed E-state index contributed by atoms with van der Waals surface area (Å²) in [5.41, 5.74) is 7.68. The molecular formula is C15H18N2O2. The summed E-state index contributed by atoms with van der Waals surface area (Å²) in [6.45, 7) is 2.35. The first-order chi connectivity index (χ1) is 9.16. The van der Waals surface area contributed by atoms with Crippen LogP contribution in [-0.4, -0.2) is 12.5 Å². The Kier molecular flexibility index (Phi) is 4.36. The highest BCUT2D eigenvalue weighted by molar-refractivity contribution is 5.93. The lowest BCUT2D eigenvalue weighted by atomic mass is 10.1. The van der Waals surface area contributed by atoms with Crippen LogP contribution in [-0.2, 0) is 0 Å². The molecule has 2 rings (SSSR count). The maximum Gasteiger partial charge on any atom is 0.254 e. The van der Waals surface area contributed by atoms with Crippen LogP contribution in [0.15, 0.2) is 47.1 Å². The zero-order valence-electron chi connectivity index (χ0n) is 10.9. The van der Waals surface area contributed by atoms with Gasteiger partial charge in [-0.2, -0.15) is 0 Å². The fourth-order valence-electron chi connectivity index (χ4n) is 1.87. The molecule has 0 aliphatic rings. The Labute approximate surface area is 112 Å². The minimum absolute atomic E-state index is 0.0624. The number of hydrogen-bond donors (Lipinski definition) is 2. The van der Waals surface area contributed by atoms with Gasteiger partial charge >= 0.3 is 0 Å². The number of carbonyl (C=O) groups is 1. The summed E-state index contributed by atoms with van der Waals surface area (Å²) in [5.74, 6) is 0.600.